The Bertz CT molecular complexity index is 1050. The summed E-state index contributed by atoms with van der Waals surface area (Å²) in [7, 11) is 1.34. The van der Waals surface area contributed by atoms with Crippen molar-refractivity contribution in [3.05, 3.63) is 63.4 Å². The highest BCUT2D eigenvalue weighted by Crippen LogP contribution is 2.39. The van der Waals surface area contributed by atoms with Gasteiger partial charge in [0.25, 0.3) is 5.91 Å². The summed E-state index contributed by atoms with van der Waals surface area (Å²) in [4.78, 5) is 26.3. The number of carbonyl (C=O) groups is 2. The smallest absolute Gasteiger partial charge is 0.341 e. The molecule has 1 aromatic carbocycles. The van der Waals surface area contributed by atoms with Gasteiger partial charge in [-0.25, -0.2) is 4.79 Å². The van der Waals surface area contributed by atoms with E-state index in [1.165, 1.54) is 18.4 Å². The quantitative estimate of drug-likeness (QED) is 0.612. The Balaban J connectivity index is 1.56. The topological polar surface area (TPSA) is 90.7 Å². The van der Waals surface area contributed by atoms with Crippen molar-refractivity contribution in [3.8, 4) is 5.75 Å². The Hall–Kier alpha value is -3.13. The van der Waals surface area contributed by atoms with Crippen LogP contribution in [0.3, 0.4) is 0 Å². The zero-order valence-corrected chi connectivity index (χ0v) is 16.9. The number of thiophene rings is 1. The van der Waals surface area contributed by atoms with E-state index >= 15 is 0 Å². The van der Waals surface area contributed by atoms with Gasteiger partial charge in [-0.1, -0.05) is 23.4 Å². The minimum atomic E-state index is -0.446. The van der Waals surface area contributed by atoms with E-state index in [1.54, 1.807) is 6.92 Å². The van der Waals surface area contributed by atoms with Crippen LogP contribution in [0.25, 0.3) is 0 Å². The fraction of sp³-hybridized carbons (Fsp3) is 0.286. The molecule has 0 radical (unpaired) electrons. The maximum Gasteiger partial charge on any atom is 0.341 e. The highest BCUT2D eigenvalue weighted by molar-refractivity contribution is 7.17. The predicted octanol–water partition coefficient (Wildman–Crippen LogP) is 4.15. The largest absolute Gasteiger partial charge is 0.489 e. The number of carbonyl (C=O) groups excluding carboxylic acids is 2. The summed E-state index contributed by atoms with van der Waals surface area (Å²) in [5, 5.41) is 7.22. The minimum absolute atomic E-state index is 0.141. The molecule has 0 unspecified atom stereocenters. The van der Waals surface area contributed by atoms with Gasteiger partial charge in [0, 0.05) is 4.88 Å². The first-order chi connectivity index (χ1) is 14.1. The van der Waals surface area contributed by atoms with Gasteiger partial charge in [0.15, 0.2) is 5.69 Å². The van der Waals surface area contributed by atoms with Gasteiger partial charge in [0.2, 0.25) is 0 Å². The number of fused-ring (bicyclic) bond motifs is 1. The van der Waals surface area contributed by atoms with Crippen LogP contribution >= 0.6 is 11.3 Å². The number of esters is 1. The van der Waals surface area contributed by atoms with Crippen LogP contribution in [0.2, 0.25) is 0 Å². The molecule has 0 spiro atoms. The SMILES string of the molecule is COC(=O)c1c(NC(=O)c2noc(C)c2COc2ccccc2)sc2c1CCC2. The molecule has 7 nitrogen and oxygen atoms in total. The van der Waals surface area contributed by atoms with Crippen molar-refractivity contribution in [3.63, 3.8) is 0 Å². The van der Waals surface area contributed by atoms with Crippen LogP contribution in [-0.2, 0) is 24.2 Å². The number of nitrogens with zero attached hydrogens (tertiary/aromatic N) is 1. The maximum atomic E-state index is 12.9. The normalized spacial score (nSPS) is 12.5. The van der Waals surface area contributed by atoms with Crippen LogP contribution in [0.4, 0.5) is 5.00 Å². The number of rotatable bonds is 6. The maximum absolute atomic E-state index is 12.9. The van der Waals surface area contributed by atoms with Gasteiger partial charge in [-0.05, 0) is 43.9 Å². The van der Waals surface area contributed by atoms with Crippen molar-refractivity contribution in [2.24, 2.45) is 0 Å². The third kappa shape index (κ3) is 3.75. The number of amides is 1. The molecular weight excluding hydrogens is 392 g/mol. The molecule has 29 heavy (non-hydrogen) atoms. The highest BCUT2D eigenvalue weighted by Gasteiger charge is 2.29. The molecule has 0 atom stereocenters. The van der Waals surface area contributed by atoms with Gasteiger partial charge in [0.1, 0.15) is 23.1 Å². The number of nitrogens with one attached hydrogen (secondary N) is 1. The zero-order chi connectivity index (χ0) is 20.4. The van der Waals surface area contributed by atoms with E-state index in [2.05, 4.69) is 10.5 Å². The molecule has 1 aliphatic carbocycles. The number of methoxy groups -OCH3 is 1. The number of aryl methyl sites for hydroxylation is 2. The first-order valence-corrected chi connectivity index (χ1v) is 10.1. The molecule has 3 aromatic rings. The summed E-state index contributed by atoms with van der Waals surface area (Å²) in [6.07, 6.45) is 2.72. The van der Waals surface area contributed by atoms with Crippen LogP contribution in [0.15, 0.2) is 34.9 Å². The van der Waals surface area contributed by atoms with Crippen molar-refractivity contribution >= 4 is 28.2 Å². The van der Waals surface area contributed by atoms with Crippen LogP contribution in [0.5, 0.6) is 5.75 Å². The van der Waals surface area contributed by atoms with Gasteiger partial charge < -0.3 is 19.3 Å². The van der Waals surface area contributed by atoms with E-state index in [0.717, 1.165) is 29.7 Å². The second kappa shape index (κ2) is 8.08. The summed E-state index contributed by atoms with van der Waals surface area (Å²) in [5.41, 5.74) is 2.12. The zero-order valence-electron chi connectivity index (χ0n) is 16.1. The van der Waals surface area contributed by atoms with Crippen molar-refractivity contribution in [1.29, 1.82) is 0 Å². The Morgan fingerprint density at radius 3 is 2.79 bits per heavy atom. The summed E-state index contributed by atoms with van der Waals surface area (Å²) >= 11 is 1.42. The fourth-order valence-corrected chi connectivity index (χ4v) is 4.66. The van der Waals surface area contributed by atoms with Gasteiger partial charge >= 0.3 is 5.97 Å². The van der Waals surface area contributed by atoms with E-state index in [4.69, 9.17) is 14.0 Å². The lowest BCUT2D eigenvalue weighted by Crippen LogP contribution is -2.17. The third-order valence-electron chi connectivity index (χ3n) is 4.86. The molecular formula is C21H20N2O5S. The highest BCUT2D eigenvalue weighted by atomic mass is 32.1. The first kappa shape index (κ1) is 19.2. The van der Waals surface area contributed by atoms with Gasteiger partial charge in [-0.3, -0.25) is 4.79 Å². The lowest BCUT2D eigenvalue weighted by Gasteiger charge is -2.08. The number of para-hydroxylation sites is 1. The Morgan fingerprint density at radius 1 is 1.24 bits per heavy atom. The average Bonchev–Trinajstić information content (AvgIpc) is 3.41. The molecule has 0 aliphatic heterocycles. The van der Waals surface area contributed by atoms with Crippen LogP contribution in [0.1, 0.15) is 49.0 Å². The Morgan fingerprint density at radius 2 is 2.03 bits per heavy atom. The molecule has 2 aromatic heterocycles. The van der Waals surface area contributed by atoms with Crippen molar-refractivity contribution in [2.45, 2.75) is 32.8 Å². The second-order valence-corrected chi connectivity index (χ2v) is 7.78. The number of aromatic nitrogens is 1. The number of hydrogen-bond acceptors (Lipinski definition) is 7. The van der Waals surface area contributed by atoms with E-state index in [9.17, 15) is 9.59 Å². The summed E-state index contributed by atoms with van der Waals surface area (Å²) in [6.45, 7) is 1.87. The molecule has 1 amide bonds. The van der Waals surface area contributed by atoms with E-state index < -0.39 is 11.9 Å². The van der Waals surface area contributed by atoms with E-state index in [1.807, 2.05) is 30.3 Å². The lowest BCUT2D eigenvalue weighted by atomic mass is 10.1. The predicted molar refractivity (Wildman–Crippen MR) is 108 cm³/mol. The van der Waals surface area contributed by atoms with E-state index in [-0.39, 0.29) is 12.3 Å². The molecule has 150 valence electrons. The molecule has 1 aliphatic rings. The van der Waals surface area contributed by atoms with Crippen molar-refractivity contribution in [1.82, 2.24) is 5.16 Å². The van der Waals surface area contributed by atoms with Gasteiger partial charge in [-0.2, -0.15) is 0 Å². The lowest BCUT2D eigenvalue weighted by molar-refractivity contribution is 0.0601. The van der Waals surface area contributed by atoms with Crippen LogP contribution in [0, 0.1) is 6.92 Å². The number of anilines is 1. The fourth-order valence-electron chi connectivity index (χ4n) is 3.38. The molecule has 8 heteroatoms. The molecule has 0 saturated heterocycles. The molecule has 0 bridgehead atoms. The molecule has 1 N–H and O–H groups in total. The molecule has 0 fully saturated rings. The first-order valence-electron chi connectivity index (χ1n) is 9.25. The van der Waals surface area contributed by atoms with Crippen LogP contribution < -0.4 is 10.1 Å². The van der Waals surface area contributed by atoms with Crippen molar-refractivity contribution in [2.75, 3.05) is 12.4 Å². The minimum Gasteiger partial charge on any atom is -0.489 e. The van der Waals surface area contributed by atoms with Crippen molar-refractivity contribution < 1.29 is 23.6 Å². The second-order valence-electron chi connectivity index (χ2n) is 6.67. The number of hydrogen-bond donors (Lipinski definition) is 1. The molecule has 4 rings (SSSR count). The molecule has 2 heterocycles. The van der Waals surface area contributed by atoms with Gasteiger partial charge in [-0.15, -0.1) is 11.3 Å². The average molecular weight is 412 g/mol. The van der Waals surface area contributed by atoms with Gasteiger partial charge in [0.05, 0.1) is 18.2 Å². The Kier molecular flexibility index (Phi) is 5.35. The summed E-state index contributed by atoms with van der Waals surface area (Å²) < 4.78 is 15.9. The van der Waals surface area contributed by atoms with Crippen LogP contribution in [-0.4, -0.2) is 24.1 Å². The molecule has 0 saturated carbocycles. The standard InChI is InChI=1S/C21H20N2O5S/c1-12-15(11-27-13-7-4-3-5-8-13)18(23-28-12)19(24)22-20-17(21(25)26-2)14-9-6-10-16(14)29-20/h3-5,7-8H,6,9-11H2,1-2H3,(H,22,24). The third-order valence-corrected chi connectivity index (χ3v) is 6.07. The number of ether oxygens (including phenoxy) is 2. The van der Waals surface area contributed by atoms with E-state index in [0.29, 0.717) is 27.6 Å². The summed E-state index contributed by atoms with van der Waals surface area (Å²) in [6, 6.07) is 9.30. The Labute approximate surface area is 171 Å². The summed E-state index contributed by atoms with van der Waals surface area (Å²) in [5.74, 6) is 0.303. The monoisotopic (exact) mass is 412 g/mol. The number of benzene rings is 1.